The lowest BCUT2D eigenvalue weighted by Crippen LogP contribution is -2.10. The van der Waals surface area contributed by atoms with Gasteiger partial charge in [0, 0.05) is 25.4 Å². The third kappa shape index (κ3) is 3.57. The summed E-state index contributed by atoms with van der Waals surface area (Å²) in [6, 6.07) is 10.5. The molecule has 0 bridgehead atoms. The first-order valence-corrected chi connectivity index (χ1v) is 6.10. The summed E-state index contributed by atoms with van der Waals surface area (Å²) in [5.74, 6) is 0. The lowest BCUT2D eigenvalue weighted by Gasteiger charge is -2.07. The van der Waals surface area contributed by atoms with E-state index in [9.17, 15) is 0 Å². The van der Waals surface area contributed by atoms with E-state index in [1.807, 2.05) is 0 Å². The maximum atomic E-state index is 5.50. The van der Waals surface area contributed by atoms with Crippen molar-refractivity contribution in [1.29, 1.82) is 0 Å². The highest BCUT2D eigenvalue weighted by atomic mass is 16.7. The van der Waals surface area contributed by atoms with Crippen LogP contribution in [0.25, 0.3) is 10.9 Å². The first kappa shape index (κ1) is 13.1. The summed E-state index contributed by atoms with van der Waals surface area (Å²) in [6.07, 6.45) is 2.09. The van der Waals surface area contributed by atoms with Crippen LogP contribution in [-0.2, 0) is 20.8 Å². The van der Waals surface area contributed by atoms with Gasteiger partial charge in [-0.3, -0.25) is 0 Å². The van der Waals surface area contributed by atoms with Crippen molar-refractivity contribution in [1.82, 2.24) is 4.57 Å². The third-order valence-electron chi connectivity index (χ3n) is 2.73. The van der Waals surface area contributed by atoms with Crippen molar-refractivity contribution in [3.8, 4) is 0 Å². The minimum Gasteiger partial charge on any atom is -0.377 e. The van der Waals surface area contributed by atoms with E-state index in [0.29, 0.717) is 26.6 Å². The molecule has 0 N–H and O–H groups in total. The number of aromatic nitrogens is 1. The van der Waals surface area contributed by atoms with Crippen molar-refractivity contribution in [2.45, 2.75) is 6.54 Å². The van der Waals surface area contributed by atoms with Crippen LogP contribution in [-0.4, -0.2) is 38.3 Å². The van der Waals surface area contributed by atoms with E-state index in [2.05, 4.69) is 41.1 Å². The lowest BCUT2D eigenvalue weighted by molar-refractivity contribution is -0.0511. The standard InChI is InChI=1S/C14H19NO3/c1-16-12-18-11-10-17-9-8-15-7-6-13-4-2-3-5-14(13)15/h2-7H,8-12H2,1H3. The topological polar surface area (TPSA) is 32.6 Å². The predicted octanol–water partition coefficient (Wildman–Crippen LogP) is 2.28. The molecule has 0 radical (unpaired) electrons. The van der Waals surface area contributed by atoms with Gasteiger partial charge in [0.05, 0.1) is 19.8 Å². The second-order valence-electron chi connectivity index (χ2n) is 4.00. The average Bonchev–Trinajstić information content (AvgIpc) is 2.81. The van der Waals surface area contributed by atoms with Crippen molar-refractivity contribution in [2.24, 2.45) is 0 Å². The zero-order valence-electron chi connectivity index (χ0n) is 10.7. The van der Waals surface area contributed by atoms with Gasteiger partial charge in [-0.2, -0.15) is 0 Å². The van der Waals surface area contributed by atoms with E-state index in [-0.39, 0.29) is 0 Å². The van der Waals surface area contributed by atoms with Crippen molar-refractivity contribution in [2.75, 3.05) is 33.7 Å². The van der Waals surface area contributed by atoms with Crippen LogP contribution < -0.4 is 0 Å². The van der Waals surface area contributed by atoms with Crippen molar-refractivity contribution >= 4 is 10.9 Å². The van der Waals surface area contributed by atoms with E-state index in [0.717, 1.165) is 6.54 Å². The third-order valence-corrected chi connectivity index (χ3v) is 2.73. The van der Waals surface area contributed by atoms with Crippen LogP contribution in [0, 0.1) is 0 Å². The fourth-order valence-electron chi connectivity index (χ4n) is 1.86. The van der Waals surface area contributed by atoms with Gasteiger partial charge in [0.2, 0.25) is 0 Å². The molecule has 0 unspecified atom stereocenters. The molecule has 2 aromatic rings. The summed E-state index contributed by atoms with van der Waals surface area (Å²) < 4.78 is 17.6. The van der Waals surface area contributed by atoms with Crippen LogP contribution in [0.15, 0.2) is 36.5 Å². The number of fused-ring (bicyclic) bond motifs is 1. The highest BCUT2D eigenvalue weighted by Gasteiger charge is 1.99. The van der Waals surface area contributed by atoms with E-state index >= 15 is 0 Å². The monoisotopic (exact) mass is 249 g/mol. The molecule has 1 aromatic heterocycles. The quantitative estimate of drug-likeness (QED) is 0.531. The molecule has 4 heteroatoms. The van der Waals surface area contributed by atoms with Crippen LogP contribution in [0.3, 0.4) is 0 Å². The normalized spacial score (nSPS) is 11.2. The second-order valence-corrected chi connectivity index (χ2v) is 4.00. The maximum absolute atomic E-state index is 5.50. The van der Waals surface area contributed by atoms with Gasteiger partial charge >= 0.3 is 0 Å². The molecular formula is C14H19NO3. The Kier molecular flexibility index (Phi) is 5.20. The fourth-order valence-corrected chi connectivity index (χ4v) is 1.86. The Labute approximate surface area is 107 Å². The number of ether oxygens (including phenoxy) is 3. The number of hydrogen-bond donors (Lipinski definition) is 0. The van der Waals surface area contributed by atoms with Crippen LogP contribution in [0.5, 0.6) is 0 Å². The van der Waals surface area contributed by atoms with Gasteiger partial charge in [0.25, 0.3) is 0 Å². The summed E-state index contributed by atoms with van der Waals surface area (Å²) in [6.45, 7) is 3.04. The summed E-state index contributed by atoms with van der Waals surface area (Å²) in [7, 11) is 1.61. The highest BCUT2D eigenvalue weighted by molar-refractivity contribution is 5.79. The SMILES string of the molecule is COCOCCOCCn1ccc2ccccc21. The molecule has 98 valence electrons. The molecule has 1 heterocycles. The van der Waals surface area contributed by atoms with Gasteiger partial charge in [-0.25, -0.2) is 0 Å². The van der Waals surface area contributed by atoms with Crippen LogP contribution in [0.4, 0.5) is 0 Å². The number of benzene rings is 1. The Hall–Kier alpha value is -1.36. The Balaban J connectivity index is 1.70. The van der Waals surface area contributed by atoms with Gasteiger partial charge in [-0.15, -0.1) is 0 Å². The predicted molar refractivity (Wildman–Crippen MR) is 70.6 cm³/mol. The number of para-hydroxylation sites is 1. The molecule has 4 nitrogen and oxygen atoms in total. The number of rotatable bonds is 8. The first-order valence-electron chi connectivity index (χ1n) is 6.10. The smallest absolute Gasteiger partial charge is 0.146 e. The van der Waals surface area contributed by atoms with Crippen LogP contribution in [0.2, 0.25) is 0 Å². The number of hydrogen-bond acceptors (Lipinski definition) is 3. The molecule has 0 aliphatic rings. The van der Waals surface area contributed by atoms with Gasteiger partial charge in [0.1, 0.15) is 6.79 Å². The molecule has 18 heavy (non-hydrogen) atoms. The van der Waals surface area contributed by atoms with Crippen molar-refractivity contribution in [3.05, 3.63) is 36.5 Å². The Morgan fingerprint density at radius 1 is 1.00 bits per heavy atom. The van der Waals surface area contributed by atoms with Crippen LogP contribution in [0.1, 0.15) is 0 Å². The van der Waals surface area contributed by atoms with Crippen molar-refractivity contribution in [3.63, 3.8) is 0 Å². The molecule has 0 spiro atoms. The highest BCUT2D eigenvalue weighted by Crippen LogP contribution is 2.14. The first-order chi connectivity index (χ1) is 8.92. The van der Waals surface area contributed by atoms with Crippen LogP contribution >= 0.6 is 0 Å². The van der Waals surface area contributed by atoms with E-state index < -0.39 is 0 Å². The molecular weight excluding hydrogens is 230 g/mol. The summed E-state index contributed by atoms with van der Waals surface area (Å²) in [5.41, 5.74) is 1.25. The summed E-state index contributed by atoms with van der Waals surface area (Å²) in [5, 5.41) is 1.26. The van der Waals surface area contributed by atoms with Gasteiger partial charge in [-0.05, 0) is 17.5 Å². The summed E-state index contributed by atoms with van der Waals surface area (Å²) >= 11 is 0. The Morgan fingerprint density at radius 2 is 1.83 bits per heavy atom. The molecule has 0 fully saturated rings. The molecule has 2 rings (SSSR count). The zero-order valence-corrected chi connectivity index (χ0v) is 10.7. The minimum atomic E-state index is 0.325. The second kappa shape index (κ2) is 7.16. The Bertz CT molecular complexity index is 467. The Morgan fingerprint density at radius 3 is 2.72 bits per heavy atom. The maximum Gasteiger partial charge on any atom is 0.146 e. The number of methoxy groups -OCH3 is 1. The van der Waals surface area contributed by atoms with E-state index in [1.54, 1.807) is 7.11 Å². The lowest BCUT2D eigenvalue weighted by atomic mass is 10.2. The largest absolute Gasteiger partial charge is 0.377 e. The molecule has 0 aliphatic carbocycles. The zero-order chi connectivity index (χ0) is 12.6. The molecule has 0 saturated heterocycles. The average molecular weight is 249 g/mol. The molecule has 1 aromatic carbocycles. The van der Waals surface area contributed by atoms with Crippen molar-refractivity contribution < 1.29 is 14.2 Å². The molecule has 0 amide bonds. The number of nitrogens with zero attached hydrogens (tertiary/aromatic N) is 1. The van der Waals surface area contributed by atoms with E-state index in [4.69, 9.17) is 14.2 Å². The van der Waals surface area contributed by atoms with Gasteiger partial charge in [0.15, 0.2) is 0 Å². The fraction of sp³-hybridized carbons (Fsp3) is 0.429. The molecule has 0 aliphatic heterocycles. The summed E-state index contributed by atoms with van der Waals surface area (Å²) in [4.78, 5) is 0. The van der Waals surface area contributed by atoms with E-state index in [1.165, 1.54) is 10.9 Å². The molecule has 0 saturated carbocycles. The molecule has 0 atom stereocenters. The van der Waals surface area contributed by atoms with Gasteiger partial charge in [-0.1, -0.05) is 18.2 Å². The van der Waals surface area contributed by atoms with Gasteiger partial charge < -0.3 is 18.8 Å². The minimum absolute atomic E-state index is 0.325.